The summed E-state index contributed by atoms with van der Waals surface area (Å²) in [6.07, 6.45) is 5.91. The van der Waals surface area contributed by atoms with E-state index in [2.05, 4.69) is 11.6 Å². The zero-order chi connectivity index (χ0) is 12.8. The van der Waals surface area contributed by atoms with E-state index in [1.165, 1.54) is 24.2 Å². The predicted molar refractivity (Wildman–Crippen MR) is 80.1 cm³/mol. The van der Waals surface area contributed by atoms with E-state index in [-0.39, 0.29) is 6.10 Å². The molecule has 1 N–H and O–H groups in total. The molecule has 0 aromatic heterocycles. The molecule has 0 saturated carbocycles. The minimum absolute atomic E-state index is 0.263. The summed E-state index contributed by atoms with van der Waals surface area (Å²) in [5.41, 5.74) is 1.23. The molecule has 18 heavy (non-hydrogen) atoms. The van der Waals surface area contributed by atoms with Crippen LogP contribution in [-0.4, -0.2) is 31.2 Å². The molecule has 2 nitrogen and oxygen atoms in total. The zero-order valence-corrected chi connectivity index (χ0v) is 12.3. The standard InChI is InChI=1S/C14H20ClNOS/c1-18-7-3-2-6-16-10-13-9-11-8-12(15)4-5-14(11)17-13/h4-5,8,13,16H,2-3,6-7,9-10H2,1H3. The van der Waals surface area contributed by atoms with Crippen LogP contribution in [0.4, 0.5) is 0 Å². The molecule has 1 heterocycles. The zero-order valence-electron chi connectivity index (χ0n) is 10.7. The van der Waals surface area contributed by atoms with Crippen LogP contribution in [0.5, 0.6) is 5.75 Å². The summed E-state index contributed by atoms with van der Waals surface area (Å²) in [5, 5.41) is 4.26. The fourth-order valence-corrected chi connectivity index (χ4v) is 2.85. The van der Waals surface area contributed by atoms with Crippen molar-refractivity contribution >= 4 is 23.4 Å². The molecule has 100 valence electrons. The first-order chi connectivity index (χ1) is 8.79. The fourth-order valence-electron chi connectivity index (χ4n) is 2.16. The Kier molecular flexibility index (Phi) is 5.67. The van der Waals surface area contributed by atoms with Gasteiger partial charge >= 0.3 is 0 Å². The van der Waals surface area contributed by atoms with Gasteiger partial charge in [-0.25, -0.2) is 0 Å². The van der Waals surface area contributed by atoms with Gasteiger partial charge in [0.05, 0.1) is 0 Å². The molecule has 4 heteroatoms. The summed E-state index contributed by atoms with van der Waals surface area (Å²) in [6.45, 7) is 2.00. The number of benzene rings is 1. The van der Waals surface area contributed by atoms with Crippen molar-refractivity contribution in [3.63, 3.8) is 0 Å². The highest BCUT2D eigenvalue weighted by Gasteiger charge is 2.22. The Hall–Kier alpha value is -0.380. The van der Waals surface area contributed by atoms with Gasteiger partial charge in [-0.05, 0) is 55.2 Å². The van der Waals surface area contributed by atoms with Crippen LogP contribution < -0.4 is 10.1 Å². The van der Waals surface area contributed by atoms with Crippen molar-refractivity contribution in [3.8, 4) is 5.75 Å². The van der Waals surface area contributed by atoms with Gasteiger partial charge in [0.25, 0.3) is 0 Å². The van der Waals surface area contributed by atoms with E-state index in [1.807, 2.05) is 30.0 Å². The minimum atomic E-state index is 0.263. The van der Waals surface area contributed by atoms with Gasteiger partial charge in [0.2, 0.25) is 0 Å². The van der Waals surface area contributed by atoms with Crippen LogP contribution in [-0.2, 0) is 6.42 Å². The Labute approximate surface area is 118 Å². The second-order valence-corrected chi connectivity index (χ2v) is 6.02. The molecule has 0 spiro atoms. The quantitative estimate of drug-likeness (QED) is 0.776. The van der Waals surface area contributed by atoms with Gasteiger partial charge < -0.3 is 10.1 Å². The monoisotopic (exact) mass is 285 g/mol. The van der Waals surface area contributed by atoms with Crippen molar-refractivity contribution in [2.24, 2.45) is 0 Å². The number of fused-ring (bicyclic) bond motifs is 1. The van der Waals surface area contributed by atoms with Gasteiger partial charge in [0.15, 0.2) is 0 Å². The lowest BCUT2D eigenvalue weighted by Crippen LogP contribution is -2.30. The Morgan fingerprint density at radius 3 is 3.17 bits per heavy atom. The number of nitrogens with one attached hydrogen (secondary N) is 1. The maximum atomic E-state index is 5.97. The third-order valence-electron chi connectivity index (χ3n) is 3.09. The van der Waals surface area contributed by atoms with Crippen molar-refractivity contribution in [1.29, 1.82) is 0 Å². The maximum Gasteiger partial charge on any atom is 0.123 e. The van der Waals surface area contributed by atoms with E-state index in [9.17, 15) is 0 Å². The van der Waals surface area contributed by atoms with Gasteiger partial charge in [-0.2, -0.15) is 11.8 Å². The van der Waals surface area contributed by atoms with Crippen molar-refractivity contribution in [3.05, 3.63) is 28.8 Å². The molecular formula is C14H20ClNOS. The summed E-state index contributed by atoms with van der Waals surface area (Å²) < 4.78 is 5.86. The number of rotatable bonds is 7. The van der Waals surface area contributed by atoms with Crippen LogP contribution >= 0.6 is 23.4 Å². The molecule has 1 unspecified atom stereocenters. The SMILES string of the molecule is CSCCCCNCC1Cc2cc(Cl)ccc2O1. The molecular weight excluding hydrogens is 266 g/mol. The molecule has 0 saturated heterocycles. The first-order valence-electron chi connectivity index (χ1n) is 6.44. The van der Waals surface area contributed by atoms with Crippen LogP contribution in [0.1, 0.15) is 18.4 Å². The molecule has 1 aromatic carbocycles. The average molecular weight is 286 g/mol. The van der Waals surface area contributed by atoms with Crippen molar-refractivity contribution in [1.82, 2.24) is 5.32 Å². The van der Waals surface area contributed by atoms with Crippen LogP contribution in [0.2, 0.25) is 5.02 Å². The number of halogens is 1. The van der Waals surface area contributed by atoms with E-state index >= 15 is 0 Å². The minimum Gasteiger partial charge on any atom is -0.488 e. The number of hydrogen-bond acceptors (Lipinski definition) is 3. The highest BCUT2D eigenvalue weighted by Crippen LogP contribution is 2.30. The van der Waals surface area contributed by atoms with E-state index in [4.69, 9.17) is 16.3 Å². The summed E-state index contributed by atoms with van der Waals surface area (Å²) in [6, 6.07) is 5.87. The van der Waals surface area contributed by atoms with E-state index < -0.39 is 0 Å². The lowest BCUT2D eigenvalue weighted by atomic mass is 10.1. The molecule has 1 atom stereocenters. The molecule has 0 aliphatic carbocycles. The van der Waals surface area contributed by atoms with Crippen LogP contribution in [0, 0.1) is 0 Å². The summed E-state index contributed by atoms with van der Waals surface area (Å²) in [7, 11) is 0. The number of unbranched alkanes of at least 4 members (excludes halogenated alkanes) is 1. The third kappa shape index (κ3) is 4.08. The summed E-state index contributed by atoms with van der Waals surface area (Å²) in [5.74, 6) is 2.25. The molecule has 0 radical (unpaired) electrons. The van der Waals surface area contributed by atoms with Gasteiger partial charge in [0.1, 0.15) is 11.9 Å². The van der Waals surface area contributed by atoms with Crippen molar-refractivity contribution in [2.75, 3.05) is 25.1 Å². The lowest BCUT2D eigenvalue weighted by molar-refractivity contribution is 0.227. The highest BCUT2D eigenvalue weighted by molar-refractivity contribution is 7.98. The molecule has 1 aliphatic rings. The molecule has 0 amide bonds. The lowest BCUT2D eigenvalue weighted by Gasteiger charge is -2.11. The van der Waals surface area contributed by atoms with Crippen LogP contribution in [0.3, 0.4) is 0 Å². The molecule has 2 rings (SSSR count). The first kappa shape index (κ1) is 14.0. The Bertz CT molecular complexity index is 386. The fraction of sp³-hybridized carbons (Fsp3) is 0.571. The van der Waals surface area contributed by atoms with Gasteiger partial charge in [-0.15, -0.1) is 0 Å². The van der Waals surface area contributed by atoms with Gasteiger partial charge in [-0.1, -0.05) is 11.6 Å². The van der Waals surface area contributed by atoms with Crippen LogP contribution in [0.25, 0.3) is 0 Å². The second-order valence-electron chi connectivity index (χ2n) is 4.60. The topological polar surface area (TPSA) is 21.3 Å². The predicted octanol–water partition coefficient (Wildman–Crippen LogP) is 3.38. The normalized spacial score (nSPS) is 17.6. The van der Waals surface area contributed by atoms with Crippen molar-refractivity contribution < 1.29 is 4.74 Å². The molecule has 0 bridgehead atoms. The molecule has 0 fully saturated rings. The van der Waals surface area contributed by atoms with Gasteiger partial charge in [-0.3, -0.25) is 0 Å². The highest BCUT2D eigenvalue weighted by atomic mass is 35.5. The summed E-state index contributed by atoms with van der Waals surface area (Å²) >= 11 is 7.89. The second kappa shape index (κ2) is 7.27. The smallest absolute Gasteiger partial charge is 0.123 e. The number of ether oxygens (including phenoxy) is 1. The Morgan fingerprint density at radius 2 is 2.33 bits per heavy atom. The third-order valence-corrected chi connectivity index (χ3v) is 4.02. The Balaban J connectivity index is 1.65. The Morgan fingerprint density at radius 1 is 1.44 bits per heavy atom. The first-order valence-corrected chi connectivity index (χ1v) is 8.21. The van der Waals surface area contributed by atoms with E-state index in [0.717, 1.165) is 30.3 Å². The summed E-state index contributed by atoms with van der Waals surface area (Å²) in [4.78, 5) is 0. The largest absolute Gasteiger partial charge is 0.488 e. The number of thioether (sulfide) groups is 1. The average Bonchev–Trinajstić information content (AvgIpc) is 2.75. The van der Waals surface area contributed by atoms with Crippen LogP contribution in [0.15, 0.2) is 18.2 Å². The van der Waals surface area contributed by atoms with E-state index in [1.54, 1.807) is 0 Å². The van der Waals surface area contributed by atoms with Gasteiger partial charge in [0, 0.05) is 18.0 Å². The maximum absolute atomic E-state index is 5.97. The van der Waals surface area contributed by atoms with E-state index in [0.29, 0.717) is 0 Å². The molecule has 1 aromatic rings. The van der Waals surface area contributed by atoms with Crippen molar-refractivity contribution in [2.45, 2.75) is 25.4 Å². The number of hydrogen-bond donors (Lipinski definition) is 1. The molecule has 1 aliphatic heterocycles.